The largest absolute Gasteiger partial charge is 0.270 e. The van der Waals surface area contributed by atoms with Crippen molar-refractivity contribution in [3.05, 3.63) is 53.1 Å². The van der Waals surface area contributed by atoms with Crippen molar-refractivity contribution in [3.8, 4) is 5.82 Å². The van der Waals surface area contributed by atoms with Gasteiger partial charge in [-0.3, -0.25) is 10.1 Å². The van der Waals surface area contributed by atoms with Crippen molar-refractivity contribution in [2.75, 3.05) is 0 Å². The van der Waals surface area contributed by atoms with Gasteiger partial charge in [0.1, 0.15) is 6.33 Å². The number of benzene rings is 1. The number of hydrogen-bond acceptors (Lipinski definition) is 5. The summed E-state index contributed by atoms with van der Waals surface area (Å²) >= 11 is 0. The van der Waals surface area contributed by atoms with Crippen LogP contribution < -0.4 is 0 Å². The lowest BCUT2D eigenvalue weighted by molar-refractivity contribution is -0.384. The van der Waals surface area contributed by atoms with Gasteiger partial charge in [-0.25, -0.2) is 14.6 Å². The first kappa shape index (κ1) is 10.3. The summed E-state index contributed by atoms with van der Waals surface area (Å²) in [5, 5.41) is 15.4. The van der Waals surface area contributed by atoms with Gasteiger partial charge in [-0.05, 0) is 12.1 Å². The molecule has 0 aliphatic heterocycles. The van der Waals surface area contributed by atoms with E-state index in [4.69, 9.17) is 0 Å². The second kappa shape index (κ2) is 3.88. The smallest absolute Gasteiger partial charge is 0.258 e. The van der Waals surface area contributed by atoms with Crippen molar-refractivity contribution in [2.45, 2.75) is 0 Å². The van der Waals surface area contributed by atoms with E-state index >= 15 is 0 Å². The third-order valence-electron chi connectivity index (χ3n) is 2.53. The summed E-state index contributed by atoms with van der Waals surface area (Å²) < 4.78 is 1.55. The van der Waals surface area contributed by atoms with Gasteiger partial charge in [-0.2, -0.15) is 5.10 Å². The van der Waals surface area contributed by atoms with E-state index in [1.807, 2.05) is 0 Å². The zero-order valence-corrected chi connectivity index (χ0v) is 9.09. The molecule has 3 aromatic rings. The maximum atomic E-state index is 10.8. The monoisotopic (exact) mass is 241 g/mol. The van der Waals surface area contributed by atoms with Gasteiger partial charge in [-0.1, -0.05) is 0 Å². The Labute approximate surface area is 101 Å². The van der Waals surface area contributed by atoms with E-state index in [1.165, 1.54) is 18.5 Å². The molecule has 0 spiro atoms. The number of rotatable bonds is 2. The summed E-state index contributed by atoms with van der Waals surface area (Å²) in [6.45, 7) is 0. The van der Waals surface area contributed by atoms with Gasteiger partial charge in [0.25, 0.3) is 5.69 Å². The van der Waals surface area contributed by atoms with Crippen molar-refractivity contribution in [3.63, 3.8) is 0 Å². The fourth-order valence-corrected chi connectivity index (χ4v) is 1.72. The van der Waals surface area contributed by atoms with Crippen LogP contribution in [0.2, 0.25) is 0 Å². The van der Waals surface area contributed by atoms with Crippen molar-refractivity contribution in [2.24, 2.45) is 0 Å². The van der Waals surface area contributed by atoms with Gasteiger partial charge in [0.05, 0.1) is 15.8 Å². The second-order valence-electron chi connectivity index (χ2n) is 3.61. The molecular weight excluding hydrogens is 234 g/mol. The molecule has 0 saturated carbocycles. The minimum Gasteiger partial charge on any atom is -0.258 e. The number of aromatic nitrogens is 4. The third-order valence-corrected chi connectivity index (χ3v) is 2.53. The topological polar surface area (TPSA) is 86.7 Å². The van der Waals surface area contributed by atoms with Crippen molar-refractivity contribution in [1.29, 1.82) is 0 Å². The van der Waals surface area contributed by atoms with Crippen LogP contribution in [0.3, 0.4) is 0 Å². The quantitative estimate of drug-likeness (QED) is 0.503. The fourth-order valence-electron chi connectivity index (χ4n) is 1.72. The summed E-state index contributed by atoms with van der Waals surface area (Å²) in [7, 11) is 0. The van der Waals surface area contributed by atoms with E-state index < -0.39 is 4.92 Å². The standard InChI is InChI=1S/C11H7N5O2/c17-16(18)8-2-3-10-9(6-8)11(13-7-12-10)15-5-1-4-14-15/h1-7H. The number of nitro benzene ring substituents is 1. The van der Waals surface area contributed by atoms with Crippen LogP contribution in [-0.4, -0.2) is 24.7 Å². The predicted octanol–water partition coefficient (Wildman–Crippen LogP) is 1.72. The van der Waals surface area contributed by atoms with Crippen LogP contribution in [0.5, 0.6) is 0 Å². The third kappa shape index (κ3) is 1.58. The zero-order chi connectivity index (χ0) is 12.5. The molecule has 0 fully saturated rings. The Hall–Kier alpha value is -2.83. The van der Waals surface area contributed by atoms with Crippen LogP contribution in [-0.2, 0) is 0 Å². The predicted molar refractivity (Wildman–Crippen MR) is 63.3 cm³/mol. The number of nitro groups is 1. The second-order valence-corrected chi connectivity index (χ2v) is 3.61. The molecule has 0 bridgehead atoms. The minimum atomic E-state index is -0.445. The molecule has 88 valence electrons. The van der Waals surface area contributed by atoms with E-state index in [0.29, 0.717) is 16.7 Å². The van der Waals surface area contributed by atoms with Crippen LogP contribution in [0.25, 0.3) is 16.7 Å². The maximum absolute atomic E-state index is 10.8. The summed E-state index contributed by atoms with van der Waals surface area (Å²) in [5.74, 6) is 0.522. The first-order valence-electron chi connectivity index (χ1n) is 5.15. The molecule has 0 N–H and O–H groups in total. The van der Waals surface area contributed by atoms with Crippen LogP contribution in [0.15, 0.2) is 43.0 Å². The molecule has 3 rings (SSSR count). The molecule has 2 aromatic heterocycles. The Morgan fingerprint density at radius 1 is 1.28 bits per heavy atom. The molecule has 0 aliphatic rings. The van der Waals surface area contributed by atoms with Crippen LogP contribution in [0.1, 0.15) is 0 Å². The molecule has 0 amide bonds. The molecule has 2 heterocycles. The lowest BCUT2D eigenvalue weighted by Crippen LogP contribution is -2.00. The van der Waals surface area contributed by atoms with Crippen LogP contribution in [0.4, 0.5) is 5.69 Å². The Kier molecular flexibility index (Phi) is 2.23. The number of nitrogens with zero attached hydrogens (tertiary/aromatic N) is 5. The van der Waals surface area contributed by atoms with E-state index in [9.17, 15) is 10.1 Å². The molecule has 18 heavy (non-hydrogen) atoms. The SMILES string of the molecule is O=[N+]([O-])c1ccc2ncnc(-n3cccn3)c2c1. The van der Waals surface area contributed by atoms with Gasteiger partial charge in [0, 0.05) is 24.5 Å². The average Bonchev–Trinajstić information content (AvgIpc) is 2.91. The van der Waals surface area contributed by atoms with E-state index in [-0.39, 0.29) is 5.69 Å². The average molecular weight is 241 g/mol. The highest BCUT2D eigenvalue weighted by Crippen LogP contribution is 2.22. The minimum absolute atomic E-state index is 0.00528. The lowest BCUT2D eigenvalue weighted by atomic mass is 10.2. The summed E-state index contributed by atoms with van der Waals surface area (Å²) in [4.78, 5) is 18.5. The summed E-state index contributed by atoms with van der Waals surface area (Å²) in [6.07, 6.45) is 4.75. The van der Waals surface area contributed by atoms with E-state index in [1.54, 1.807) is 29.2 Å². The molecule has 0 saturated heterocycles. The fraction of sp³-hybridized carbons (Fsp3) is 0. The van der Waals surface area contributed by atoms with E-state index in [0.717, 1.165) is 0 Å². The highest BCUT2D eigenvalue weighted by molar-refractivity contribution is 5.86. The maximum Gasteiger partial charge on any atom is 0.270 e. The molecule has 0 atom stereocenters. The van der Waals surface area contributed by atoms with Crippen LogP contribution in [0, 0.1) is 10.1 Å². The van der Waals surface area contributed by atoms with Gasteiger partial charge >= 0.3 is 0 Å². The molecular formula is C11H7N5O2. The first-order chi connectivity index (χ1) is 8.75. The Balaban J connectivity index is 2.31. The van der Waals surface area contributed by atoms with Gasteiger partial charge in [0.15, 0.2) is 5.82 Å². The highest BCUT2D eigenvalue weighted by atomic mass is 16.6. The Morgan fingerprint density at radius 3 is 2.89 bits per heavy atom. The van der Waals surface area contributed by atoms with Crippen molar-refractivity contribution >= 4 is 16.6 Å². The van der Waals surface area contributed by atoms with Crippen LogP contribution >= 0.6 is 0 Å². The van der Waals surface area contributed by atoms with Gasteiger partial charge in [-0.15, -0.1) is 0 Å². The summed E-state index contributed by atoms with van der Waals surface area (Å²) in [5.41, 5.74) is 0.645. The normalized spacial score (nSPS) is 10.7. The van der Waals surface area contributed by atoms with Gasteiger partial charge < -0.3 is 0 Å². The Morgan fingerprint density at radius 2 is 2.17 bits per heavy atom. The molecule has 0 radical (unpaired) electrons. The molecule has 1 aromatic carbocycles. The summed E-state index contributed by atoms with van der Waals surface area (Å²) in [6, 6.07) is 6.22. The van der Waals surface area contributed by atoms with E-state index in [2.05, 4.69) is 15.1 Å². The molecule has 7 heteroatoms. The Bertz CT molecular complexity index is 723. The number of fused-ring (bicyclic) bond motifs is 1. The number of hydrogen-bond donors (Lipinski definition) is 0. The highest BCUT2D eigenvalue weighted by Gasteiger charge is 2.11. The van der Waals surface area contributed by atoms with Gasteiger partial charge in [0.2, 0.25) is 0 Å². The molecule has 7 nitrogen and oxygen atoms in total. The molecule has 0 unspecified atom stereocenters. The van der Waals surface area contributed by atoms with Crippen molar-refractivity contribution < 1.29 is 4.92 Å². The lowest BCUT2D eigenvalue weighted by Gasteiger charge is -2.04. The molecule has 0 aliphatic carbocycles. The first-order valence-corrected chi connectivity index (χ1v) is 5.15. The zero-order valence-electron chi connectivity index (χ0n) is 9.09. The van der Waals surface area contributed by atoms with Crippen molar-refractivity contribution in [1.82, 2.24) is 19.7 Å². The number of non-ortho nitro benzene ring substituents is 1.